The SMILES string of the molecule is CSc1ccc(C(=O)CC(C)C)n1C. The van der Waals surface area contributed by atoms with Crippen molar-refractivity contribution in [2.75, 3.05) is 6.26 Å². The van der Waals surface area contributed by atoms with E-state index in [1.165, 1.54) is 0 Å². The fourth-order valence-electron chi connectivity index (χ4n) is 1.45. The van der Waals surface area contributed by atoms with E-state index in [1.807, 2.05) is 30.0 Å². The zero-order valence-electron chi connectivity index (χ0n) is 9.20. The number of Topliss-reactive ketones (excluding diaryl/α,β-unsaturated/α-hetero) is 1. The number of hydrogen-bond donors (Lipinski definition) is 0. The Kier molecular flexibility index (Phi) is 3.81. The average Bonchev–Trinajstić information content (AvgIpc) is 2.45. The molecule has 14 heavy (non-hydrogen) atoms. The molecular formula is C11H17NOS. The molecular weight excluding hydrogens is 194 g/mol. The Labute approximate surface area is 89.7 Å². The molecule has 78 valence electrons. The zero-order chi connectivity index (χ0) is 10.7. The van der Waals surface area contributed by atoms with Gasteiger partial charge in [-0.2, -0.15) is 0 Å². The molecule has 0 unspecified atom stereocenters. The van der Waals surface area contributed by atoms with Gasteiger partial charge in [0.05, 0.1) is 10.7 Å². The lowest BCUT2D eigenvalue weighted by atomic mass is 10.1. The molecule has 0 spiro atoms. The molecule has 2 nitrogen and oxygen atoms in total. The van der Waals surface area contributed by atoms with Gasteiger partial charge < -0.3 is 4.57 Å². The second-order valence-electron chi connectivity index (χ2n) is 3.84. The minimum Gasteiger partial charge on any atom is -0.336 e. The van der Waals surface area contributed by atoms with Gasteiger partial charge in [0.2, 0.25) is 0 Å². The van der Waals surface area contributed by atoms with Crippen LogP contribution in [0.5, 0.6) is 0 Å². The molecule has 0 aliphatic heterocycles. The van der Waals surface area contributed by atoms with Gasteiger partial charge >= 0.3 is 0 Å². The summed E-state index contributed by atoms with van der Waals surface area (Å²) in [6.45, 7) is 4.13. The normalized spacial score (nSPS) is 10.9. The predicted octanol–water partition coefficient (Wildman–Crippen LogP) is 2.98. The standard InChI is InChI=1S/C11H17NOS/c1-8(2)7-10(13)9-5-6-11(14-4)12(9)3/h5-6,8H,7H2,1-4H3. The third kappa shape index (κ3) is 2.41. The molecule has 3 heteroatoms. The summed E-state index contributed by atoms with van der Waals surface area (Å²) in [5.41, 5.74) is 0.822. The smallest absolute Gasteiger partial charge is 0.179 e. The van der Waals surface area contributed by atoms with Gasteiger partial charge in [-0.1, -0.05) is 13.8 Å². The summed E-state index contributed by atoms with van der Waals surface area (Å²) in [4.78, 5) is 11.8. The van der Waals surface area contributed by atoms with E-state index in [1.54, 1.807) is 11.8 Å². The average molecular weight is 211 g/mol. The molecule has 0 N–H and O–H groups in total. The summed E-state index contributed by atoms with van der Waals surface area (Å²) in [5.74, 6) is 0.665. The lowest BCUT2D eigenvalue weighted by Gasteiger charge is -2.06. The Morgan fingerprint density at radius 3 is 2.57 bits per heavy atom. The summed E-state index contributed by atoms with van der Waals surface area (Å²) >= 11 is 1.66. The molecule has 0 bridgehead atoms. The van der Waals surface area contributed by atoms with E-state index in [9.17, 15) is 4.79 Å². The molecule has 0 saturated carbocycles. The van der Waals surface area contributed by atoms with Crippen LogP contribution in [0.15, 0.2) is 17.2 Å². The van der Waals surface area contributed by atoms with Crippen molar-refractivity contribution < 1.29 is 4.79 Å². The maximum absolute atomic E-state index is 11.8. The maximum Gasteiger partial charge on any atom is 0.179 e. The van der Waals surface area contributed by atoms with Crippen molar-refractivity contribution in [1.29, 1.82) is 0 Å². The van der Waals surface area contributed by atoms with Crippen LogP contribution in [0.25, 0.3) is 0 Å². The molecule has 0 radical (unpaired) electrons. The van der Waals surface area contributed by atoms with Crippen LogP contribution in [-0.4, -0.2) is 16.6 Å². The number of carbonyl (C=O) groups is 1. The predicted molar refractivity (Wildman–Crippen MR) is 61.0 cm³/mol. The Bertz CT molecular complexity index is 328. The first-order valence-corrected chi connectivity index (χ1v) is 6.01. The van der Waals surface area contributed by atoms with Crippen molar-refractivity contribution in [1.82, 2.24) is 4.57 Å². The van der Waals surface area contributed by atoms with Crippen molar-refractivity contribution in [3.05, 3.63) is 17.8 Å². The van der Waals surface area contributed by atoms with E-state index >= 15 is 0 Å². The third-order valence-electron chi connectivity index (χ3n) is 2.16. The Morgan fingerprint density at radius 2 is 2.14 bits per heavy atom. The van der Waals surface area contributed by atoms with Gasteiger partial charge in [-0.3, -0.25) is 4.79 Å². The highest BCUT2D eigenvalue weighted by Crippen LogP contribution is 2.19. The topological polar surface area (TPSA) is 22.0 Å². The van der Waals surface area contributed by atoms with Crippen LogP contribution in [0.4, 0.5) is 0 Å². The molecule has 0 aromatic carbocycles. The second-order valence-corrected chi connectivity index (χ2v) is 4.67. The Hall–Kier alpha value is -0.700. The number of ketones is 1. The van der Waals surface area contributed by atoms with Crippen LogP contribution < -0.4 is 0 Å². The zero-order valence-corrected chi connectivity index (χ0v) is 10.0. The molecule has 1 aromatic heterocycles. The summed E-state index contributed by atoms with van der Waals surface area (Å²) in [6.07, 6.45) is 2.65. The number of hydrogen-bond acceptors (Lipinski definition) is 2. The first kappa shape index (κ1) is 11.4. The van der Waals surface area contributed by atoms with Gasteiger partial charge in [-0.25, -0.2) is 0 Å². The van der Waals surface area contributed by atoms with Crippen LogP contribution in [0.3, 0.4) is 0 Å². The fraction of sp³-hybridized carbons (Fsp3) is 0.545. The Morgan fingerprint density at radius 1 is 1.50 bits per heavy atom. The number of nitrogens with zero attached hydrogens (tertiary/aromatic N) is 1. The van der Waals surface area contributed by atoms with Crippen molar-refractivity contribution in [2.24, 2.45) is 13.0 Å². The van der Waals surface area contributed by atoms with Crippen LogP contribution in [0, 0.1) is 5.92 Å². The van der Waals surface area contributed by atoms with E-state index in [-0.39, 0.29) is 5.78 Å². The molecule has 0 fully saturated rings. The highest BCUT2D eigenvalue weighted by atomic mass is 32.2. The molecule has 0 aliphatic carbocycles. The van der Waals surface area contributed by atoms with Gasteiger partial charge in [0.15, 0.2) is 5.78 Å². The Balaban J connectivity index is 2.85. The van der Waals surface area contributed by atoms with Gasteiger partial charge in [-0.05, 0) is 24.3 Å². The van der Waals surface area contributed by atoms with Crippen LogP contribution in [-0.2, 0) is 7.05 Å². The first-order valence-electron chi connectivity index (χ1n) is 4.79. The van der Waals surface area contributed by atoms with Gasteiger partial charge in [0, 0.05) is 13.5 Å². The fourth-order valence-corrected chi connectivity index (χ4v) is 2.03. The van der Waals surface area contributed by atoms with Crippen LogP contribution in [0.2, 0.25) is 0 Å². The van der Waals surface area contributed by atoms with Crippen molar-refractivity contribution >= 4 is 17.5 Å². The lowest BCUT2D eigenvalue weighted by molar-refractivity contribution is 0.0959. The van der Waals surface area contributed by atoms with Gasteiger partial charge in [0.25, 0.3) is 0 Å². The summed E-state index contributed by atoms with van der Waals surface area (Å²) in [6, 6.07) is 3.91. The first-order chi connectivity index (χ1) is 6.56. The lowest BCUT2D eigenvalue weighted by Crippen LogP contribution is -2.08. The van der Waals surface area contributed by atoms with Crippen molar-refractivity contribution in [2.45, 2.75) is 25.3 Å². The number of thioether (sulfide) groups is 1. The highest BCUT2D eigenvalue weighted by Gasteiger charge is 2.13. The van der Waals surface area contributed by atoms with E-state index in [4.69, 9.17) is 0 Å². The second kappa shape index (κ2) is 4.69. The van der Waals surface area contributed by atoms with Crippen LogP contribution in [0.1, 0.15) is 30.8 Å². The molecule has 1 aromatic rings. The molecule has 0 saturated heterocycles. The molecule has 0 amide bonds. The monoisotopic (exact) mass is 211 g/mol. The van der Waals surface area contributed by atoms with Crippen molar-refractivity contribution in [3.8, 4) is 0 Å². The minimum absolute atomic E-state index is 0.239. The number of carbonyl (C=O) groups excluding carboxylic acids is 1. The van der Waals surface area contributed by atoms with Crippen molar-refractivity contribution in [3.63, 3.8) is 0 Å². The van der Waals surface area contributed by atoms with Gasteiger partial charge in [0.1, 0.15) is 0 Å². The van der Waals surface area contributed by atoms with E-state index in [2.05, 4.69) is 13.8 Å². The molecule has 1 rings (SSSR count). The minimum atomic E-state index is 0.239. The quantitative estimate of drug-likeness (QED) is 0.564. The van der Waals surface area contributed by atoms with E-state index in [0.717, 1.165) is 10.7 Å². The maximum atomic E-state index is 11.8. The third-order valence-corrected chi connectivity index (χ3v) is 2.99. The molecule has 1 heterocycles. The number of aromatic nitrogens is 1. The van der Waals surface area contributed by atoms with Gasteiger partial charge in [-0.15, -0.1) is 11.8 Å². The molecule has 0 atom stereocenters. The van der Waals surface area contributed by atoms with E-state index < -0.39 is 0 Å². The summed E-state index contributed by atoms with van der Waals surface area (Å²) in [7, 11) is 1.94. The largest absolute Gasteiger partial charge is 0.336 e. The highest BCUT2D eigenvalue weighted by molar-refractivity contribution is 7.98. The van der Waals surface area contributed by atoms with E-state index in [0.29, 0.717) is 12.3 Å². The summed E-state index contributed by atoms with van der Waals surface area (Å²) in [5, 5.41) is 1.14. The number of rotatable bonds is 4. The molecule has 0 aliphatic rings. The summed E-state index contributed by atoms with van der Waals surface area (Å²) < 4.78 is 1.97. The van der Waals surface area contributed by atoms with Crippen LogP contribution >= 0.6 is 11.8 Å².